The van der Waals surface area contributed by atoms with Crippen LogP contribution >= 0.6 is 0 Å². The van der Waals surface area contributed by atoms with E-state index in [1.54, 1.807) is 0 Å². The summed E-state index contributed by atoms with van der Waals surface area (Å²) < 4.78 is 5.55. The van der Waals surface area contributed by atoms with Gasteiger partial charge in [-0.25, -0.2) is 0 Å². The monoisotopic (exact) mass is 264 g/mol. The van der Waals surface area contributed by atoms with E-state index in [4.69, 9.17) is 10.2 Å². The van der Waals surface area contributed by atoms with Crippen LogP contribution in [0.4, 0.5) is 0 Å². The van der Waals surface area contributed by atoms with Crippen molar-refractivity contribution in [2.75, 3.05) is 6.54 Å². The highest BCUT2D eigenvalue weighted by molar-refractivity contribution is 5.83. The molecule has 19 heavy (non-hydrogen) atoms. The summed E-state index contributed by atoms with van der Waals surface area (Å²) in [5.41, 5.74) is 5.51. The summed E-state index contributed by atoms with van der Waals surface area (Å²) in [7, 11) is 0. The summed E-state index contributed by atoms with van der Waals surface area (Å²) in [6, 6.07) is 3.72. The molecule has 1 aromatic heterocycles. The SMILES string of the molecule is Cc1ccc(C(C)NC(=O)C2(CN)CCCCC2)o1. The van der Waals surface area contributed by atoms with Crippen molar-refractivity contribution in [1.82, 2.24) is 5.32 Å². The molecular weight excluding hydrogens is 240 g/mol. The highest BCUT2D eigenvalue weighted by Crippen LogP contribution is 2.36. The molecule has 0 aromatic carbocycles. The van der Waals surface area contributed by atoms with Crippen LogP contribution < -0.4 is 11.1 Å². The lowest BCUT2D eigenvalue weighted by atomic mass is 9.73. The number of hydrogen-bond donors (Lipinski definition) is 2. The summed E-state index contributed by atoms with van der Waals surface area (Å²) in [5.74, 6) is 1.74. The van der Waals surface area contributed by atoms with Crippen molar-refractivity contribution >= 4 is 5.91 Å². The second-order valence-electron chi connectivity index (χ2n) is 5.69. The number of rotatable bonds is 4. The summed E-state index contributed by atoms with van der Waals surface area (Å²) in [6.07, 6.45) is 5.21. The standard InChI is InChI=1S/C15H24N2O2/c1-11-6-7-13(19-11)12(2)17-14(18)15(10-16)8-4-3-5-9-15/h6-7,12H,3-5,8-10,16H2,1-2H3,(H,17,18). The summed E-state index contributed by atoms with van der Waals surface area (Å²) in [5, 5.41) is 3.06. The molecule has 0 bridgehead atoms. The van der Waals surface area contributed by atoms with Crippen molar-refractivity contribution in [3.63, 3.8) is 0 Å². The highest BCUT2D eigenvalue weighted by Gasteiger charge is 2.38. The summed E-state index contributed by atoms with van der Waals surface area (Å²) >= 11 is 0. The smallest absolute Gasteiger partial charge is 0.228 e. The molecule has 0 radical (unpaired) electrons. The fourth-order valence-corrected chi connectivity index (χ4v) is 2.86. The maximum atomic E-state index is 12.5. The molecule has 1 fully saturated rings. The minimum atomic E-state index is -0.367. The van der Waals surface area contributed by atoms with Crippen LogP contribution in [0.5, 0.6) is 0 Å². The molecule has 2 rings (SSSR count). The van der Waals surface area contributed by atoms with Crippen LogP contribution in [0.2, 0.25) is 0 Å². The molecule has 3 N–H and O–H groups in total. The number of hydrogen-bond acceptors (Lipinski definition) is 3. The highest BCUT2D eigenvalue weighted by atomic mass is 16.3. The van der Waals surface area contributed by atoms with Crippen molar-refractivity contribution in [3.8, 4) is 0 Å². The lowest BCUT2D eigenvalue weighted by Crippen LogP contribution is -2.47. The minimum Gasteiger partial charge on any atom is -0.464 e. The van der Waals surface area contributed by atoms with E-state index < -0.39 is 0 Å². The third-order valence-corrected chi connectivity index (χ3v) is 4.22. The van der Waals surface area contributed by atoms with E-state index in [0.717, 1.165) is 37.2 Å². The first-order valence-electron chi connectivity index (χ1n) is 7.15. The van der Waals surface area contributed by atoms with Crippen molar-refractivity contribution in [2.45, 2.75) is 52.0 Å². The molecule has 0 aliphatic heterocycles. The average Bonchev–Trinajstić information content (AvgIpc) is 2.86. The number of carbonyl (C=O) groups is 1. The molecule has 1 amide bonds. The number of nitrogens with two attached hydrogens (primary N) is 1. The fraction of sp³-hybridized carbons (Fsp3) is 0.667. The van der Waals surface area contributed by atoms with Gasteiger partial charge in [-0.1, -0.05) is 19.3 Å². The van der Waals surface area contributed by atoms with E-state index in [0.29, 0.717) is 6.54 Å². The Morgan fingerprint density at radius 2 is 2.11 bits per heavy atom. The Labute approximate surface area is 114 Å². The zero-order valence-corrected chi connectivity index (χ0v) is 11.9. The Morgan fingerprint density at radius 3 is 2.63 bits per heavy atom. The molecule has 4 heteroatoms. The quantitative estimate of drug-likeness (QED) is 0.878. The maximum Gasteiger partial charge on any atom is 0.228 e. The van der Waals surface area contributed by atoms with E-state index in [-0.39, 0.29) is 17.4 Å². The molecule has 1 aliphatic carbocycles. The molecule has 1 aromatic rings. The van der Waals surface area contributed by atoms with Crippen molar-refractivity contribution in [1.29, 1.82) is 0 Å². The number of furan rings is 1. The third kappa shape index (κ3) is 3.00. The van der Waals surface area contributed by atoms with Gasteiger partial charge in [-0.2, -0.15) is 0 Å². The lowest BCUT2D eigenvalue weighted by molar-refractivity contribution is -0.133. The van der Waals surface area contributed by atoms with E-state index in [9.17, 15) is 4.79 Å². The number of carbonyl (C=O) groups excluding carboxylic acids is 1. The Kier molecular flexibility index (Phi) is 4.30. The largest absolute Gasteiger partial charge is 0.464 e. The van der Waals surface area contributed by atoms with Gasteiger partial charge in [0.1, 0.15) is 11.5 Å². The Morgan fingerprint density at radius 1 is 1.42 bits per heavy atom. The van der Waals surface area contributed by atoms with Crippen LogP contribution in [0.3, 0.4) is 0 Å². The van der Waals surface area contributed by atoms with Gasteiger partial charge >= 0.3 is 0 Å². The molecule has 1 saturated carbocycles. The molecule has 1 atom stereocenters. The van der Waals surface area contributed by atoms with E-state index in [2.05, 4.69) is 5.32 Å². The minimum absolute atomic E-state index is 0.0799. The van der Waals surface area contributed by atoms with E-state index >= 15 is 0 Å². The summed E-state index contributed by atoms with van der Waals surface area (Å²) in [4.78, 5) is 12.5. The first-order chi connectivity index (χ1) is 9.07. The van der Waals surface area contributed by atoms with Gasteiger partial charge in [0.15, 0.2) is 0 Å². The Bertz CT molecular complexity index is 433. The second kappa shape index (κ2) is 5.78. The molecule has 1 aliphatic rings. The zero-order chi connectivity index (χ0) is 13.9. The maximum absolute atomic E-state index is 12.5. The first-order valence-corrected chi connectivity index (χ1v) is 7.15. The van der Waals surface area contributed by atoms with Crippen molar-refractivity contribution in [2.24, 2.45) is 11.1 Å². The predicted octanol–water partition coefficient (Wildman–Crippen LogP) is 2.67. The van der Waals surface area contributed by atoms with Gasteiger partial charge in [-0.3, -0.25) is 4.79 Å². The van der Waals surface area contributed by atoms with Crippen LogP contribution in [0.1, 0.15) is 56.6 Å². The molecule has 0 saturated heterocycles. The van der Waals surface area contributed by atoms with Crippen LogP contribution in [0.15, 0.2) is 16.5 Å². The van der Waals surface area contributed by atoms with Gasteiger partial charge in [-0.05, 0) is 38.8 Å². The number of aryl methyl sites for hydroxylation is 1. The lowest BCUT2D eigenvalue weighted by Gasteiger charge is -2.35. The van der Waals surface area contributed by atoms with Crippen LogP contribution in [0.25, 0.3) is 0 Å². The third-order valence-electron chi connectivity index (χ3n) is 4.22. The summed E-state index contributed by atoms with van der Waals surface area (Å²) in [6.45, 7) is 4.28. The van der Waals surface area contributed by atoms with E-state index in [1.165, 1.54) is 6.42 Å². The van der Waals surface area contributed by atoms with Crippen LogP contribution in [0, 0.1) is 12.3 Å². The van der Waals surface area contributed by atoms with E-state index in [1.807, 2.05) is 26.0 Å². The molecule has 1 heterocycles. The van der Waals surface area contributed by atoms with Gasteiger partial charge in [0.25, 0.3) is 0 Å². The molecule has 106 valence electrons. The predicted molar refractivity (Wildman–Crippen MR) is 74.6 cm³/mol. The first kappa shape index (κ1) is 14.1. The molecule has 4 nitrogen and oxygen atoms in total. The van der Waals surface area contributed by atoms with Gasteiger partial charge in [0.2, 0.25) is 5.91 Å². The van der Waals surface area contributed by atoms with Gasteiger partial charge in [0.05, 0.1) is 11.5 Å². The van der Waals surface area contributed by atoms with Crippen LogP contribution in [-0.4, -0.2) is 12.5 Å². The van der Waals surface area contributed by atoms with Gasteiger partial charge < -0.3 is 15.5 Å². The Hall–Kier alpha value is -1.29. The normalized spacial score (nSPS) is 19.9. The topological polar surface area (TPSA) is 68.3 Å². The average molecular weight is 264 g/mol. The van der Waals surface area contributed by atoms with Gasteiger partial charge in [-0.15, -0.1) is 0 Å². The fourth-order valence-electron chi connectivity index (χ4n) is 2.86. The number of nitrogens with one attached hydrogen (secondary N) is 1. The number of amides is 1. The molecule has 1 unspecified atom stereocenters. The second-order valence-corrected chi connectivity index (χ2v) is 5.69. The van der Waals surface area contributed by atoms with Crippen molar-refractivity contribution < 1.29 is 9.21 Å². The Balaban J connectivity index is 2.03. The van der Waals surface area contributed by atoms with Crippen molar-refractivity contribution in [3.05, 3.63) is 23.7 Å². The zero-order valence-electron chi connectivity index (χ0n) is 11.9. The molecular formula is C15H24N2O2. The van der Waals surface area contributed by atoms with Gasteiger partial charge in [0, 0.05) is 6.54 Å². The van der Waals surface area contributed by atoms with Crippen LogP contribution in [-0.2, 0) is 4.79 Å². The molecule has 0 spiro atoms.